The molecule has 1 amide bonds. The maximum absolute atomic E-state index is 12.0. The van der Waals surface area contributed by atoms with Crippen molar-refractivity contribution in [3.05, 3.63) is 58.5 Å². The Morgan fingerprint density at radius 3 is 2.67 bits per heavy atom. The van der Waals surface area contributed by atoms with Gasteiger partial charge >= 0.3 is 0 Å². The summed E-state index contributed by atoms with van der Waals surface area (Å²) in [5, 5.41) is 3.57. The minimum atomic E-state index is -0.224. The lowest BCUT2D eigenvalue weighted by atomic mass is 10.0. The molecule has 0 aliphatic carbocycles. The number of carbonyl (C=O) groups is 1. The number of rotatable bonds is 6. The quantitative estimate of drug-likeness (QED) is 0.887. The summed E-state index contributed by atoms with van der Waals surface area (Å²) in [4.78, 5) is 12.0. The zero-order valence-corrected chi connectivity index (χ0v) is 12.8. The van der Waals surface area contributed by atoms with E-state index < -0.39 is 0 Å². The Labute approximate surface area is 129 Å². The van der Waals surface area contributed by atoms with E-state index in [1.807, 2.05) is 31.2 Å². The standard InChI is InChI=1S/C16H18ClNO3/c1-11(12-3-5-13(17)6-4-12)9-18-16(19)15-8-7-14(21-15)10-20-2/h3-8,11H,9-10H2,1-2H3,(H,18,19)/t11-/m1/s1. The molecular formula is C16H18ClNO3. The van der Waals surface area contributed by atoms with Gasteiger partial charge in [-0.1, -0.05) is 30.7 Å². The molecule has 2 aromatic rings. The second-order valence-corrected chi connectivity index (χ2v) is 5.30. The molecule has 1 heterocycles. The third-order valence-corrected chi connectivity index (χ3v) is 3.43. The van der Waals surface area contributed by atoms with Gasteiger partial charge in [-0.2, -0.15) is 0 Å². The summed E-state index contributed by atoms with van der Waals surface area (Å²) in [6.45, 7) is 2.93. The van der Waals surface area contributed by atoms with Crippen LogP contribution in [-0.4, -0.2) is 19.6 Å². The van der Waals surface area contributed by atoms with E-state index in [9.17, 15) is 4.79 Å². The first-order chi connectivity index (χ1) is 10.1. The molecule has 0 fully saturated rings. The summed E-state index contributed by atoms with van der Waals surface area (Å²) in [6, 6.07) is 11.0. The minimum Gasteiger partial charge on any atom is -0.453 e. The third-order valence-electron chi connectivity index (χ3n) is 3.18. The second-order valence-electron chi connectivity index (χ2n) is 4.86. The first-order valence-corrected chi connectivity index (χ1v) is 7.09. The highest BCUT2D eigenvalue weighted by Crippen LogP contribution is 2.17. The molecule has 1 aromatic heterocycles. The second kappa shape index (κ2) is 7.29. The van der Waals surface area contributed by atoms with Gasteiger partial charge in [0.1, 0.15) is 12.4 Å². The van der Waals surface area contributed by atoms with E-state index in [2.05, 4.69) is 5.32 Å². The molecule has 2 rings (SSSR count). The lowest BCUT2D eigenvalue weighted by Gasteiger charge is -2.12. The fourth-order valence-electron chi connectivity index (χ4n) is 1.96. The van der Waals surface area contributed by atoms with Crippen molar-refractivity contribution in [2.45, 2.75) is 19.4 Å². The van der Waals surface area contributed by atoms with Crippen LogP contribution < -0.4 is 5.32 Å². The van der Waals surface area contributed by atoms with Crippen LogP contribution in [-0.2, 0) is 11.3 Å². The van der Waals surface area contributed by atoms with Crippen LogP contribution in [0.3, 0.4) is 0 Å². The SMILES string of the molecule is COCc1ccc(C(=O)NC[C@@H](C)c2ccc(Cl)cc2)o1. The molecule has 0 radical (unpaired) electrons. The topological polar surface area (TPSA) is 51.5 Å². The van der Waals surface area contributed by atoms with Crippen LogP contribution in [0.2, 0.25) is 5.02 Å². The lowest BCUT2D eigenvalue weighted by molar-refractivity contribution is 0.0915. The number of carbonyl (C=O) groups excluding carboxylic acids is 1. The molecule has 21 heavy (non-hydrogen) atoms. The van der Waals surface area contributed by atoms with Crippen molar-refractivity contribution in [1.82, 2.24) is 5.32 Å². The van der Waals surface area contributed by atoms with E-state index in [4.69, 9.17) is 20.8 Å². The Kier molecular flexibility index (Phi) is 5.42. The van der Waals surface area contributed by atoms with Crippen molar-refractivity contribution in [1.29, 1.82) is 0 Å². The maximum Gasteiger partial charge on any atom is 0.287 e. The lowest BCUT2D eigenvalue weighted by Crippen LogP contribution is -2.27. The number of nitrogens with one attached hydrogen (secondary N) is 1. The highest BCUT2D eigenvalue weighted by atomic mass is 35.5. The van der Waals surface area contributed by atoms with E-state index in [-0.39, 0.29) is 11.8 Å². The van der Waals surface area contributed by atoms with Crippen LogP contribution in [0.5, 0.6) is 0 Å². The molecule has 0 saturated heterocycles. The summed E-state index contributed by atoms with van der Waals surface area (Å²) < 4.78 is 10.3. The predicted octanol–water partition coefficient (Wildman–Crippen LogP) is 3.61. The number of hydrogen-bond acceptors (Lipinski definition) is 3. The highest BCUT2D eigenvalue weighted by molar-refractivity contribution is 6.30. The number of hydrogen-bond donors (Lipinski definition) is 1. The largest absolute Gasteiger partial charge is 0.453 e. The summed E-state index contributed by atoms with van der Waals surface area (Å²) >= 11 is 5.86. The molecule has 1 atom stereocenters. The monoisotopic (exact) mass is 307 g/mol. The van der Waals surface area contributed by atoms with Gasteiger partial charge in [-0.05, 0) is 35.7 Å². The zero-order chi connectivity index (χ0) is 15.2. The fourth-order valence-corrected chi connectivity index (χ4v) is 2.09. The summed E-state index contributed by atoms with van der Waals surface area (Å²) in [6.07, 6.45) is 0. The van der Waals surface area contributed by atoms with Gasteiger partial charge in [0.2, 0.25) is 0 Å². The number of benzene rings is 1. The van der Waals surface area contributed by atoms with Gasteiger partial charge in [0.25, 0.3) is 5.91 Å². The van der Waals surface area contributed by atoms with Gasteiger partial charge in [0.15, 0.2) is 5.76 Å². The Morgan fingerprint density at radius 1 is 1.29 bits per heavy atom. The molecule has 0 saturated carbocycles. The van der Waals surface area contributed by atoms with E-state index in [1.165, 1.54) is 0 Å². The normalized spacial score (nSPS) is 12.1. The Bertz CT molecular complexity index is 592. The van der Waals surface area contributed by atoms with Gasteiger partial charge in [-0.15, -0.1) is 0 Å². The molecule has 0 unspecified atom stereocenters. The van der Waals surface area contributed by atoms with Crippen LogP contribution >= 0.6 is 11.6 Å². The van der Waals surface area contributed by atoms with Crippen molar-refractivity contribution in [2.75, 3.05) is 13.7 Å². The molecular weight excluding hydrogens is 290 g/mol. The van der Waals surface area contributed by atoms with Crippen molar-refractivity contribution >= 4 is 17.5 Å². The Balaban J connectivity index is 1.89. The number of furan rings is 1. The summed E-state index contributed by atoms with van der Waals surface area (Å²) in [5.74, 6) is 0.900. The van der Waals surface area contributed by atoms with Gasteiger partial charge in [-0.3, -0.25) is 4.79 Å². The Morgan fingerprint density at radius 2 is 2.00 bits per heavy atom. The predicted molar refractivity (Wildman–Crippen MR) is 81.6 cm³/mol. The molecule has 112 valence electrons. The molecule has 5 heteroatoms. The van der Waals surface area contributed by atoms with Crippen molar-refractivity contribution in [3.63, 3.8) is 0 Å². The molecule has 1 aromatic carbocycles. The number of halogens is 1. The number of ether oxygens (including phenoxy) is 1. The van der Waals surface area contributed by atoms with E-state index in [0.717, 1.165) is 5.56 Å². The maximum atomic E-state index is 12.0. The van der Waals surface area contributed by atoms with Gasteiger partial charge < -0.3 is 14.5 Å². The van der Waals surface area contributed by atoms with E-state index in [1.54, 1.807) is 19.2 Å². The van der Waals surface area contributed by atoms with E-state index >= 15 is 0 Å². The molecule has 1 N–H and O–H groups in total. The van der Waals surface area contributed by atoms with Crippen molar-refractivity contribution in [3.8, 4) is 0 Å². The number of methoxy groups -OCH3 is 1. The van der Waals surface area contributed by atoms with Crippen LogP contribution in [0.4, 0.5) is 0 Å². The average molecular weight is 308 g/mol. The average Bonchev–Trinajstić information content (AvgIpc) is 2.94. The van der Waals surface area contributed by atoms with Crippen LogP contribution in [0.25, 0.3) is 0 Å². The first kappa shape index (κ1) is 15.6. The summed E-state index contributed by atoms with van der Waals surface area (Å²) in [7, 11) is 1.58. The molecule has 0 spiro atoms. The first-order valence-electron chi connectivity index (χ1n) is 6.71. The Hall–Kier alpha value is -1.78. The molecule has 4 nitrogen and oxygen atoms in total. The third kappa shape index (κ3) is 4.34. The highest BCUT2D eigenvalue weighted by Gasteiger charge is 2.13. The van der Waals surface area contributed by atoms with Crippen molar-refractivity contribution < 1.29 is 13.9 Å². The van der Waals surface area contributed by atoms with Crippen LogP contribution in [0.15, 0.2) is 40.8 Å². The summed E-state index contributed by atoms with van der Waals surface area (Å²) in [5.41, 5.74) is 1.12. The van der Waals surface area contributed by atoms with Crippen LogP contribution in [0, 0.1) is 0 Å². The minimum absolute atomic E-state index is 0.194. The van der Waals surface area contributed by atoms with Gasteiger partial charge in [-0.25, -0.2) is 0 Å². The fraction of sp³-hybridized carbons (Fsp3) is 0.312. The molecule has 0 aliphatic heterocycles. The van der Waals surface area contributed by atoms with Gasteiger partial charge in [0, 0.05) is 18.7 Å². The van der Waals surface area contributed by atoms with Crippen molar-refractivity contribution in [2.24, 2.45) is 0 Å². The van der Waals surface area contributed by atoms with E-state index in [0.29, 0.717) is 29.7 Å². The zero-order valence-electron chi connectivity index (χ0n) is 12.1. The molecule has 0 aliphatic rings. The smallest absolute Gasteiger partial charge is 0.287 e. The van der Waals surface area contributed by atoms with Crippen LogP contribution in [0.1, 0.15) is 34.7 Å². The number of amides is 1. The molecule has 0 bridgehead atoms. The van der Waals surface area contributed by atoms with Gasteiger partial charge in [0.05, 0.1) is 0 Å².